The van der Waals surface area contributed by atoms with E-state index in [4.69, 9.17) is 4.74 Å². The van der Waals surface area contributed by atoms with Crippen LogP contribution in [0.3, 0.4) is 0 Å². The largest absolute Gasteiger partial charge is 0.375 e. The summed E-state index contributed by atoms with van der Waals surface area (Å²) in [4.78, 5) is 0. The van der Waals surface area contributed by atoms with Gasteiger partial charge in [0, 0.05) is 11.6 Å². The molecule has 2 rings (SSSR count). The molecule has 13 heavy (non-hydrogen) atoms. The second-order valence-corrected chi connectivity index (χ2v) is 5.40. The van der Waals surface area contributed by atoms with Crippen molar-refractivity contribution in [1.82, 2.24) is 5.32 Å². The predicted octanol–water partition coefficient (Wildman–Crippen LogP) is 1.94. The molecule has 76 valence electrons. The van der Waals surface area contributed by atoms with Crippen molar-refractivity contribution in [3.05, 3.63) is 0 Å². The zero-order chi connectivity index (χ0) is 9.47. The van der Waals surface area contributed by atoms with E-state index in [0.29, 0.717) is 12.1 Å². The van der Waals surface area contributed by atoms with Crippen molar-refractivity contribution in [1.29, 1.82) is 0 Å². The molecule has 0 radical (unpaired) electrons. The highest BCUT2D eigenvalue weighted by atomic mass is 16.5. The standard InChI is InChI=1S/C11H21NO/c1-8-4-5-10-9(6-8)12-11(2,3)7-13-10/h8-10,12H,4-7H2,1-3H3. The lowest BCUT2D eigenvalue weighted by Crippen LogP contribution is -2.61. The van der Waals surface area contributed by atoms with Gasteiger partial charge in [-0.3, -0.25) is 0 Å². The maximum atomic E-state index is 5.88. The molecule has 3 atom stereocenters. The monoisotopic (exact) mass is 183 g/mol. The van der Waals surface area contributed by atoms with Gasteiger partial charge in [-0.1, -0.05) is 6.92 Å². The Hall–Kier alpha value is -0.0800. The van der Waals surface area contributed by atoms with E-state index in [1.807, 2.05) is 0 Å². The number of morpholine rings is 1. The topological polar surface area (TPSA) is 21.3 Å². The molecule has 1 saturated heterocycles. The number of hydrogen-bond donors (Lipinski definition) is 1. The lowest BCUT2D eigenvalue weighted by Gasteiger charge is -2.45. The van der Waals surface area contributed by atoms with Gasteiger partial charge in [0.05, 0.1) is 12.7 Å². The fourth-order valence-corrected chi connectivity index (χ4v) is 2.56. The Morgan fingerprint density at radius 1 is 1.31 bits per heavy atom. The first-order valence-corrected chi connectivity index (χ1v) is 5.46. The van der Waals surface area contributed by atoms with Crippen LogP contribution in [0.2, 0.25) is 0 Å². The SMILES string of the molecule is CC1CCC2OCC(C)(C)NC2C1. The molecule has 2 nitrogen and oxygen atoms in total. The van der Waals surface area contributed by atoms with Crippen LogP contribution in [0.25, 0.3) is 0 Å². The minimum atomic E-state index is 0.179. The van der Waals surface area contributed by atoms with Crippen molar-refractivity contribution < 1.29 is 4.74 Å². The lowest BCUT2D eigenvalue weighted by molar-refractivity contribution is -0.0749. The van der Waals surface area contributed by atoms with Crippen LogP contribution < -0.4 is 5.32 Å². The maximum absolute atomic E-state index is 5.88. The quantitative estimate of drug-likeness (QED) is 0.619. The third-order valence-electron chi connectivity index (χ3n) is 3.28. The van der Waals surface area contributed by atoms with Crippen LogP contribution in [0, 0.1) is 5.92 Å². The highest BCUT2D eigenvalue weighted by molar-refractivity contribution is 4.94. The van der Waals surface area contributed by atoms with Gasteiger partial charge in [-0.2, -0.15) is 0 Å². The summed E-state index contributed by atoms with van der Waals surface area (Å²) in [5.74, 6) is 0.867. The maximum Gasteiger partial charge on any atom is 0.0729 e. The van der Waals surface area contributed by atoms with E-state index in [1.165, 1.54) is 19.3 Å². The Morgan fingerprint density at radius 2 is 2.08 bits per heavy atom. The van der Waals surface area contributed by atoms with Crippen LogP contribution in [-0.4, -0.2) is 24.3 Å². The van der Waals surface area contributed by atoms with E-state index in [-0.39, 0.29) is 5.54 Å². The van der Waals surface area contributed by atoms with Crippen molar-refractivity contribution in [3.63, 3.8) is 0 Å². The van der Waals surface area contributed by atoms with Gasteiger partial charge in [-0.15, -0.1) is 0 Å². The molecule has 1 saturated carbocycles. The minimum Gasteiger partial charge on any atom is -0.375 e. The van der Waals surface area contributed by atoms with Crippen molar-refractivity contribution in [3.8, 4) is 0 Å². The first-order chi connectivity index (χ1) is 6.07. The van der Waals surface area contributed by atoms with Gasteiger partial charge >= 0.3 is 0 Å². The molecule has 3 unspecified atom stereocenters. The van der Waals surface area contributed by atoms with Crippen molar-refractivity contribution in [2.24, 2.45) is 5.92 Å². The summed E-state index contributed by atoms with van der Waals surface area (Å²) < 4.78 is 5.88. The number of rotatable bonds is 0. The first kappa shape index (κ1) is 9.47. The molecule has 1 aliphatic heterocycles. The summed E-state index contributed by atoms with van der Waals surface area (Å²) in [6.07, 6.45) is 4.36. The second kappa shape index (κ2) is 3.25. The van der Waals surface area contributed by atoms with Gasteiger partial charge in [-0.05, 0) is 39.0 Å². The van der Waals surface area contributed by atoms with Gasteiger partial charge in [0.2, 0.25) is 0 Å². The van der Waals surface area contributed by atoms with E-state index in [2.05, 4.69) is 26.1 Å². The number of hydrogen-bond acceptors (Lipinski definition) is 2. The number of ether oxygens (including phenoxy) is 1. The molecule has 2 aliphatic rings. The summed E-state index contributed by atoms with van der Waals surface area (Å²) in [5.41, 5.74) is 0.179. The van der Waals surface area contributed by atoms with E-state index in [0.717, 1.165) is 12.5 Å². The van der Waals surface area contributed by atoms with Gasteiger partial charge < -0.3 is 10.1 Å². The summed E-state index contributed by atoms with van der Waals surface area (Å²) in [6, 6.07) is 0.604. The molecule has 0 aromatic heterocycles. The minimum absolute atomic E-state index is 0.179. The average molecular weight is 183 g/mol. The Kier molecular flexibility index (Phi) is 2.37. The summed E-state index contributed by atoms with van der Waals surface area (Å²) in [6.45, 7) is 7.66. The van der Waals surface area contributed by atoms with Crippen molar-refractivity contribution in [2.45, 2.75) is 57.7 Å². The average Bonchev–Trinajstić information content (AvgIpc) is 2.01. The molecule has 0 aromatic carbocycles. The molecule has 1 heterocycles. The van der Waals surface area contributed by atoms with Crippen LogP contribution in [0.15, 0.2) is 0 Å². The fourth-order valence-electron chi connectivity index (χ4n) is 2.56. The Balaban J connectivity index is 2.00. The van der Waals surface area contributed by atoms with Crippen molar-refractivity contribution >= 4 is 0 Å². The summed E-state index contributed by atoms with van der Waals surface area (Å²) >= 11 is 0. The molecule has 0 bridgehead atoms. The molecule has 0 amide bonds. The Labute approximate surface area is 81.0 Å². The van der Waals surface area contributed by atoms with Crippen molar-refractivity contribution in [2.75, 3.05) is 6.61 Å². The van der Waals surface area contributed by atoms with Crippen LogP contribution in [-0.2, 0) is 4.74 Å². The van der Waals surface area contributed by atoms with Crippen LogP contribution in [0.5, 0.6) is 0 Å². The summed E-state index contributed by atoms with van der Waals surface area (Å²) in [5, 5.41) is 3.70. The van der Waals surface area contributed by atoms with Gasteiger partial charge in [-0.25, -0.2) is 0 Å². The van der Waals surface area contributed by atoms with Crippen LogP contribution in [0.4, 0.5) is 0 Å². The molecule has 0 spiro atoms. The zero-order valence-electron chi connectivity index (χ0n) is 8.97. The lowest BCUT2D eigenvalue weighted by atomic mass is 9.82. The van der Waals surface area contributed by atoms with Gasteiger partial charge in [0.15, 0.2) is 0 Å². The van der Waals surface area contributed by atoms with E-state index < -0.39 is 0 Å². The molecular weight excluding hydrogens is 162 g/mol. The Bertz CT molecular complexity index is 191. The molecule has 0 aromatic rings. The van der Waals surface area contributed by atoms with Crippen LogP contribution >= 0.6 is 0 Å². The molecule has 1 N–H and O–H groups in total. The van der Waals surface area contributed by atoms with E-state index >= 15 is 0 Å². The molecule has 2 fully saturated rings. The van der Waals surface area contributed by atoms with E-state index in [1.54, 1.807) is 0 Å². The molecule has 2 heteroatoms. The third kappa shape index (κ3) is 2.05. The van der Waals surface area contributed by atoms with Gasteiger partial charge in [0.25, 0.3) is 0 Å². The normalized spacial score (nSPS) is 44.1. The molecule has 1 aliphatic carbocycles. The predicted molar refractivity (Wildman–Crippen MR) is 53.8 cm³/mol. The highest BCUT2D eigenvalue weighted by Gasteiger charge is 2.37. The molecular formula is C11H21NO. The van der Waals surface area contributed by atoms with E-state index in [9.17, 15) is 0 Å². The third-order valence-corrected chi connectivity index (χ3v) is 3.28. The zero-order valence-corrected chi connectivity index (χ0v) is 8.97. The Morgan fingerprint density at radius 3 is 2.85 bits per heavy atom. The number of fused-ring (bicyclic) bond motifs is 1. The smallest absolute Gasteiger partial charge is 0.0729 e. The van der Waals surface area contributed by atoms with Gasteiger partial charge in [0.1, 0.15) is 0 Å². The van der Waals surface area contributed by atoms with Crippen LogP contribution in [0.1, 0.15) is 40.0 Å². The summed E-state index contributed by atoms with van der Waals surface area (Å²) in [7, 11) is 0. The highest BCUT2D eigenvalue weighted by Crippen LogP contribution is 2.30. The second-order valence-electron chi connectivity index (χ2n) is 5.40. The fraction of sp³-hybridized carbons (Fsp3) is 1.00. The first-order valence-electron chi connectivity index (χ1n) is 5.46. The number of nitrogens with one attached hydrogen (secondary N) is 1.